The van der Waals surface area contributed by atoms with Crippen molar-refractivity contribution in [2.75, 3.05) is 18.5 Å². The molecule has 0 unspecified atom stereocenters. The zero-order valence-corrected chi connectivity index (χ0v) is 17.4. The third kappa shape index (κ3) is 5.16. The number of hydrogen-bond donors (Lipinski definition) is 2. The summed E-state index contributed by atoms with van der Waals surface area (Å²) < 4.78 is 11.1. The number of halogens is 1. The summed E-state index contributed by atoms with van der Waals surface area (Å²) in [6.45, 7) is 0.969. The summed E-state index contributed by atoms with van der Waals surface area (Å²) in [5.74, 6) is 0.658. The van der Waals surface area contributed by atoms with Crippen LogP contribution >= 0.6 is 11.6 Å². The predicted molar refractivity (Wildman–Crippen MR) is 119 cm³/mol. The first kappa shape index (κ1) is 20.8. The molecule has 0 aliphatic carbocycles. The van der Waals surface area contributed by atoms with Gasteiger partial charge in [0, 0.05) is 11.8 Å². The Hall–Kier alpha value is -3.51. The number of nitrogens with one attached hydrogen (secondary N) is 2. The van der Waals surface area contributed by atoms with E-state index in [4.69, 9.17) is 21.1 Å². The average Bonchev–Trinajstić information content (AvgIpc) is 2.79. The monoisotopic (exact) mass is 436 g/mol. The van der Waals surface area contributed by atoms with Crippen LogP contribution in [0.5, 0.6) is 11.5 Å². The quantitative estimate of drug-likeness (QED) is 0.591. The molecule has 4 rings (SSSR count). The predicted octanol–water partition coefficient (Wildman–Crippen LogP) is 4.61. The smallest absolute Gasteiger partial charge is 0.253 e. The molecule has 0 spiro atoms. The number of carbonyl (C=O) groups excluding carboxylic acids is 2. The minimum absolute atomic E-state index is 0.0502. The van der Waals surface area contributed by atoms with E-state index < -0.39 is 6.04 Å². The lowest BCUT2D eigenvalue weighted by molar-refractivity contribution is -0.116. The largest absolute Gasteiger partial charge is 0.486 e. The summed E-state index contributed by atoms with van der Waals surface area (Å²) in [6, 6.07) is 20.9. The van der Waals surface area contributed by atoms with Crippen molar-refractivity contribution in [2.24, 2.45) is 0 Å². The second-order valence-electron chi connectivity index (χ2n) is 7.03. The van der Waals surface area contributed by atoms with Gasteiger partial charge in [-0.25, -0.2) is 0 Å². The van der Waals surface area contributed by atoms with E-state index in [-0.39, 0.29) is 18.2 Å². The molecule has 2 amide bonds. The molecular formula is C24H21ClN2O4. The lowest BCUT2D eigenvalue weighted by Crippen LogP contribution is -2.31. The van der Waals surface area contributed by atoms with Gasteiger partial charge in [0.2, 0.25) is 5.91 Å². The summed E-state index contributed by atoms with van der Waals surface area (Å²) >= 11 is 6.16. The van der Waals surface area contributed by atoms with E-state index in [2.05, 4.69) is 10.6 Å². The molecule has 31 heavy (non-hydrogen) atoms. The topological polar surface area (TPSA) is 76.7 Å². The zero-order chi connectivity index (χ0) is 21.6. The van der Waals surface area contributed by atoms with Gasteiger partial charge in [0.05, 0.1) is 23.0 Å². The van der Waals surface area contributed by atoms with E-state index >= 15 is 0 Å². The summed E-state index contributed by atoms with van der Waals surface area (Å²) in [5, 5.41) is 6.15. The highest BCUT2D eigenvalue weighted by molar-refractivity contribution is 6.33. The van der Waals surface area contributed by atoms with Gasteiger partial charge in [0.15, 0.2) is 11.5 Å². The maximum atomic E-state index is 12.8. The van der Waals surface area contributed by atoms with Crippen LogP contribution in [0.2, 0.25) is 5.02 Å². The highest BCUT2D eigenvalue weighted by Crippen LogP contribution is 2.32. The summed E-state index contributed by atoms with van der Waals surface area (Å²) in [5.41, 5.74) is 1.77. The molecular weight excluding hydrogens is 416 g/mol. The Labute approximate surface area is 185 Å². The van der Waals surface area contributed by atoms with Gasteiger partial charge in [0.1, 0.15) is 13.2 Å². The molecule has 0 bridgehead atoms. The van der Waals surface area contributed by atoms with Crippen molar-refractivity contribution < 1.29 is 19.1 Å². The van der Waals surface area contributed by atoms with Crippen LogP contribution in [0.3, 0.4) is 0 Å². The zero-order valence-electron chi connectivity index (χ0n) is 16.6. The number of anilines is 1. The number of rotatable bonds is 6. The minimum Gasteiger partial charge on any atom is -0.486 e. The molecule has 0 saturated carbocycles. The van der Waals surface area contributed by atoms with Crippen LogP contribution in [0, 0.1) is 0 Å². The highest BCUT2D eigenvalue weighted by Gasteiger charge is 2.21. The molecule has 0 aromatic heterocycles. The van der Waals surface area contributed by atoms with E-state index in [0.29, 0.717) is 41.0 Å². The van der Waals surface area contributed by atoms with Crippen LogP contribution in [0.15, 0.2) is 72.8 Å². The average molecular weight is 437 g/mol. The molecule has 0 fully saturated rings. The summed E-state index contributed by atoms with van der Waals surface area (Å²) in [7, 11) is 0. The van der Waals surface area contributed by atoms with Crippen LogP contribution in [-0.2, 0) is 4.79 Å². The Morgan fingerprint density at radius 3 is 2.39 bits per heavy atom. The molecule has 1 aliphatic rings. The first-order chi connectivity index (χ1) is 15.1. The number of amides is 2. The summed E-state index contributed by atoms with van der Waals surface area (Å²) in [6.07, 6.45) is 0.0502. The van der Waals surface area contributed by atoms with Crippen LogP contribution < -0.4 is 20.1 Å². The molecule has 3 aromatic carbocycles. The molecule has 6 nitrogen and oxygen atoms in total. The molecule has 1 atom stereocenters. The van der Waals surface area contributed by atoms with Crippen LogP contribution in [0.25, 0.3) is 0 Å². The Bertz CT molecular complexity index is 1090. The lowest BCUT2D eigenvalue weighted by atomic mass is 10.0. The van der Waals surface area contributed by atoms with E-state index in [0.717, 1.165) is 5.56 Å². The molecule has 0 saturated heterocycles. The molecule has 3 aromatic rings. The highest BCUT2D eigenvalue weighted by atomic mass is 35.5. The van der Waals surface area contributed by atoms with E-state index in [1.807, 2.05) is 30.3 Å². The maximum Gasteiger partial charge on any atom is 0.253 e. The minimum atomic E-state index is -0.526. The van der Waals surface area contributed by atoms with Crippen molar-refractivity contribution in [3.8, 4) is 11.5 Å². The Balaban J connectivity index is 1.49. The van der Waals surface area contributed by atoms with Crippen molar-refractivity contribution >= 4 is 29.1 Å². The fraction of sp³-hybridized carbons (Fsp3) is 0.167. The van der Waals surface area contributed by atoms with Crippen molar-refractivity contribution in [3.05, 3.63) is 88.9 Å². The second kappa shape index (κ2) is 9.53. The number of ether oxygens (including phenoxy) is 2. The van der Waals surface area contributed by atoms with E-state index in [9.17, 15) is 9.59 Å². The SMILES string of the molecule is O=C(C[C@@H](NC(=O)c1ccccc1Cl)c1ccccc1)Nc1ccc2c(c1)OCCO2. The van der Waals surface area contributed by atoms with Crippen LogP contribution in [-0.4, -0.2) is 25.0 Å². The molecule has 1 heterocycles. The normalized spacial score (nSPS) is 13.2. The van der Waals surface area contributed by atoms with Gasteiger partial charge in [-0.15, -0.1) is 0 Å². The fourth-order valence-electron chi connectivity index (χ4n) is 3.34. The van der Waals surface area contributed by atoms with Crippen molar-refractivity contribution in [1.82, 2.24) is 5.32 Å². The standard InChI is InChI=1S/C24H21ClN2O4/c25-19-9-5-4-8-18(19)24(29)27-20(16-6-2-1-3-7-16)15-23(28)26-17-10-11-21-22(14-17)31-13-12-30-21/h1-11,14,20H,12-13,15H2,(H,26,28)(H,27,29)/t20-/m1/s1. The van der Waals surface area contributed by atoms with Crippen molar-refractivity contribution in [1.29, 1.82) is 0 Å². The van der Waals surface area contributed by atoms with Gasteiger partial charge < -0.3 is 20.1 Å². The van der Waals surface area contributed by atoms with Crippen LogP contribution in [0.4, 0.5) is 5.69 Å². The second-order valence-corrected chi connectivity index (χ2v) is 7.43. The number of carbonyl (C=O) groups is 2. The lowest BCUT2D eigenvalue weighted by Gasteiger charge is -2.21. The van der Waals surface area contributed by atoms with Crippen LogP contribution in [0.1, 0.15) is 28.4 Å². The van der Waals surface area contributed by atoms with Crippen molar-refractivity contribution in [3.63, 3.8) is 0 Å². The number of fused-ring (bicyclic) bond motifs is 1. The fourth-order valence-corrected chi connectivity index (χ4v) is 3.56. The van der Waals surface area contributed by atoms with Gasteiger partial charge in [0.25, 0.3) is 5.91 Å². The molecule has 1 aliphatic heterocycles. The van der Waals surface area contributed by atoms with Gasteiger partial charge in [-0.1, -0.05) is 54.1 Å². The molecule has 0 radical (unpaired) electrons. The molecule has 2 N–H and O–H groups in total. The van der Waals surface area contributed by atoms with Gasteiger partial charge in [-0.3, -0.25) is 9.59 Å². The first-order valence-electron chi connectivity index (χ1n) is 9.90. The third-order valence-electron chi connectivity index (χ3n) is 4.84. The summed E-state index contributed by atoms with van der Waals surface area (Å²) in [4.78, 5) is 25.6. The maximum absolute atomic E-state index is 12.8. The van der Waals surface area contributed by atoms with Gasteiger partial charge in [-0.2, -0.15) is 0 Å². The van der Waals surface area contributed by atoms with Gasteiger partial charge in [-0.05, 0) is 29.8 Å². The third-order valence-corrected chi connectivity index (χ3v) is 5.17. The Kier molecular flexibility index (Phi) is 6.38. The van der Waals surface area contributed by atoms with E-state index in [1.165, 1.54) is 0 Å². The number of benzene rings is 3. The van der Waals surface area contributed by atoms with E-state index in [1.54, 1.807) is 42.5 Å². The molecule has 7 heteroatoms. The Morgan fingerprint density at radius 2 is 1.61 bits per heavy atom. The Morgan fingerprint density at radius 1 is 0.903 bits per heavy atom. The molecule has 158 valence electrons. The number of hydrogen-bond acceptors (Lipinski definition) is 4. The first-order valence-corrected chi connectivity index (χ1v) is 10.3. The van der Waals surface area contributed by atoms with Crippen molar-refractivity contribution in [2.45, 2.75) is 12.5 Å². The van der Waals surface area contributed by atoms with Gasteiger partial charge >= 0.3 is 0 Å².